The lowest BCUT2D eigenvalue weighted by Crippen LogP contribution is -2.70. The molecule has 11 heteroatoms. The van der Waals surface area contributed by atoms with Gasteiger partial charge in [-0.3, -0.25) is 0 Å². The van der Waals surface area contributed by atoms with Crippen molar-refractivity contribution in [1.29, 1.82) is 0 Å². The van der Waals surface area contributed by atoms with Gasteiger partial charge in [-0.15, -0.1) is 0 Å². The number of aliphatic hydroxyl groups excluding tert-OH is 1. The molecule has 250 valence electrons. The Bertz CT molecular complexity index is 1010. The zero-order valence-electron chi connectivity index (χ0n) is 27.1. The van der Waals surface area contributed by atoms with E-state index in [4.69, 9.17) is 48.0 Å². The lowest BCUT2D eigenvalue weighted by Gasteiger charge is -2.60. The van der Waals surface area contributed by atoms with Gasteiger partial charge in [0.25, 0.3) is 0 Å². The highest BCUT2D eigenvalue weighted by Crippen LogP contribution is 2.62. The monoisotopic (exact) mass is 624 g/mol. The molecular formula is C33H52O11. The molecule has 8 saturated heterocycles. The first-order valence-electron chi connectivity index (χ1n) is 17.3. The number of rotatable bonds is 6. The fraction of sp³-hybridized carbons (Fsp3) is 1.00. The van der Waals surface area contributed by atoms with Crippen molar-refractivity contribution in [3.8, 4) is 0 Å². The van der Waals surface area contributed by atoms with Crippen LogP contribution in [0.15, 0.2) is 0 Å². The van der Waals surface area contributed by atoms with Crippen LogP contribution in [0.25, 0.3) is 0 Å². The molecule has 10 fully saturated rings. The Hall–Kier alpha value is -0.440. The normalized spacial score (nSPS) is 58.4. The van der Waals surface area contributed by atoms with Crippen LogP contribution in [0, 0.1) is 47.3 Å². The van der Waals surface area contributed by atoms with Crippen LogP contribution in [0.3, 0.4) is 0 Å². The molecule has 17 atom stereocenters. The third kappa shape index (κ3) is 4.48. The van der Waals surface area contributed by atoms with Gasteiger partial charge in [0.15, 0.2) is 36.4 Å². The number of ether oxygens (including phenoxy) is 6. The predicted octanol–water partition coefficient (Wildman–Crippen LogP) is 4.80. The molecule has 3 unspecified atom stereocenters. The van der Waals surface area contributed by atoms with Gasteiger partial charge in [-0.25, -0.2) is 19.6 Å². The maximum atomic E-state index is 11.0. The van der Waals surface area contributed by atoms with E-state index in [1.54, 1.807) is 0 Å². The Kier molecular flexibility index (Phi) is 7.57. The lowest BCUT2D eigenvalue weighted by molar-refractivity contribution is -0.578. The quantitative estimate of drug-likeness (QED) is 0.412. The molecule has 8 aliphatic heterocycles. The van der Waals surface area contributed by atoms with Gasteiger partial charge in [-0.2, -0.15) is 0 Å². The molecule has 44 heavy (non-hydrogen) atoms. The van der Waals surface area contributed by atoms with Gasteiger partial charge in [0.05, 0.1) is 13.2 Å². The highest BCUT2D eigenvalue weighted by Gasteiger charge is 2.71. The van der Waals surface area contributed by atoms with Crippen LogP contribution in [0.4, 0.5) is 0 Å². The fourth-order valence-electron chi connectivity index (χ4n) is 10.6. The zero-order chi connectivity index (χ0) is 30.6. The molecule has 0 aromatic rings. The van der Waals surface area contributed by atoms with Crippen molar-refractivity contribution >= 4 is 0 Å². The average Bonchev–Trinajstić information content (AvgIpc) is 3.37. The number of hydrogen-bond donors (Lipinski definition) is 1. The number of hydrogen-bond acceptors (Lipinski definition) is 11. The highest BCUT2D eigenvalue weighted by atomic mass is 17.3. The molecule has 0 radical (unpaired) electrons. The van der Waals surface area contributed by atoms with Gasteiger partial charge in [0.2, 0.25) is 11.6 Å². The minimum Gasteiger partial charge on any atom is -0.388 e. The summed E-state index contributed by atoms with van der Waals surface area (Å²) in [5.41, 5.74) is -1.27. The summed E-state index contributed by atoms with van der Waals surface area (Å²) in [6, 6.07) is 0. The van der Waals surface area contributed by atoms with Crippen LogP contribution >= 0.6 is 0 Å². The second-order valence-corrected chi connectivity index (χ2v) is 15.9. The van der Waals surface area contributed by atoms with E-state index >= 15 is 0 Å². The highest BCUT2D eigenvalue weighted by molar-refractivity contribution is 5.10. The molecule has 10 rings (SSSR count). The molecule has 0 aromatic heterocycles. The van der Waals surface area contributed by atoms with E-state index in [9.17, 15) is 5.11 Å². The Morgan fingerprint density at radius 1 is 0.614 bits per heavy atom. The third-order valence-electron chi connectivity index (χ3n) is 13.1. The Morgan fingerprint density at radius 2 is 1.05 bits per heavy atom. The SMILES string of the molecule is C[C@@H]1CC[C@H]2[C@@H](C)C(OCC(O)COC3O[C@@H]4O[C@]5(C)CC[C@@H]6[C@@H](C)CC[C@H]([C@@H]3C)[C@]46OO5)O[C@H]3O[C@@]4(C)CC[C@@H]1[C@]32OO4. The Balaban J connectivity index is 0.915. The maximum absolute atomic E-state index is 11.0. The van der Waals surface area contributed by atoms with Crippen LogP contribution in [0.5, 0.6) is 0 Å². The molecule has 2 spiro atoms. The number of fused-ring (bicyclic) bond motifs is 4. The van der Waals surface area contributed by atoms with Crippen molar-refractivity contribution in [3.05, 3.63) is 0 Å². The maximum Gasteiger partial charge on any atom is 0.201 e. The first-order valence-corrected chi connectivity index (χ1v) is 17.3. The van der Waals surface area contributed by atoms with Crippen molar-refractivity contribution in [2.75, 3.05) is 13.2 Å². The summed E-state index contributed by atoms with van der Waals surface area (Å²) in [5.74, 6) is 0.314. The molecule has 0 amide bonds. The van der Waals surface area contributed by atoms with Crippen molar-refractivity contribution in [3.63, 3.8) is 0 Å². The Morgan fingerprint density at radius 3 is 1.48 bits per heavy atom. The minimum absolute atomic E-state index is 0.0370. The fourth-order valence-corrected chi connectivity index (χ4v) is 10.6. The molecule has 1 N–H and O–H groups in total. The second-order valence-electron chi connectivity index (χ2n) is 15.9. The Labute approximate surface area is 260 Å². The first kappa shape index (κ1) is 30.9. The standard InChI is InChI=1S/C33H52O11/c1-17-7-9-24-19(3)26(37-28-32(24)22(17)11-13-30(5,39-28)41-43-32)35-15-21(34)16-36-27-20(4)25-10-8-18(2)23-12-14-31(6)40-29(38-27)33(23,25)44-42-31/h17-29,34H,7-16H2,1-6H3/t17-,18+,19-,20+,21?,22+,23-,24+,25-,26?,27?,28+,29-,30-,31+,32-,33+. The second kappa shape index (κ2) is 10.8. The molecule has 2 aliphatic carbocycles. The predicted molar refractivity (Wildman–Crippen MR) is 152 cm³/mol. The summed E-state index contributed by atoms with van der Waals surface area (Å²) in [5, 5.41) is 11.0. The van der Waals surface area contributed by atoms with Gasteiger partial charge in [0.1, 0.15) is 6.10 Å². The molecule has 11 nitrogen and oxygen atoms in total. The summed E-state index contributed by atoms with van der Waals surface area (Å²) in [4.78, 5) is 24.3. The molecule has 10 aliphatic rings. The molecular weight excluding hydrogens is 572 g/mol. The van der Waals surface area contributed by atoms with Crippen LogP contribution < -0.4 is 0 Å². The average molecular weight is 625 g/mol. The van der Waals surface area contributed by atoms with Crippen LogP contribution in [-0.4, -0.2) is 72.4 Å². The van der Waals surface area contributed by atoms with Gasteiger partial charge >= 0.3 is 0 Å². The van der Waals surface area contributed by atoms with E-state index in [-0.39, 0.29) is 36.9 Å². The molecule has 4 bridgehead atoms. The summed E-state index contributed by atoms with van der Waals surface area (Å²) < 4.78 is 38.4. The first-order chi connectivity index (χ1) is 21.0. The van der Waals surface area contributed by atoms with E-state index in [0.29, 0.717) is 23.7 Å². The van der Waals surface area contributed by atoms with Crippen LogP contribution in [-0.2, 0) is 48.0 Å². The van der Waals surface area contributed by atoms with Crippen LogP contribution in [0.2, 0.25) is 0 Å². The number of aliphatic hydroxyl groups is 1. The van der Waals surface area contributed by atoms with Gasteiger partial charge in [-0.1, -0.05) is 27.7 Å². The summed E-state index contributed by atoms with van der Waals surface area (Å²) in [6.07, 6.45) is 4.63. The minimum atomic E-state index is -0.862. The van der Waals surface area contributed by atoms with E-state index in [1.165, 1.54) is 0 Å². The van der Waals surface area contributed by atoms with E-state index in [2.05, 4.69) is 27.7 Å². The molecule has 2 saturated carbocycles. The smallest absolute Gasteiger partial charge is 0.201 e. The molecule has 8 heterocycles. The van der Waals surface area contributed by atoms with Gasteiger partial charge in [0, 0.05) is 36.5 Å². The van der Waals surface area contributed by atoms with E-state index < -0.39 is 54.0 Å². The largest absolute Gasteiger partial charge is 0.388 e. The zero-order valence-corrected chi connectivity index (χ0v) is 27.1. The van der Waals surface area contributed by atoms with Gasteiger partial charge in [-0.05, 0) is 76.0 Å². The summed E-state index contributed by atoms with van der Waals surface area (Å²) >= 11 is 0. The summed E-state index contributed by atoms with van der Waals surface area (Å²) in [6.45, 7) is 12.9. The van der Waals surface area contributed by atoms with Crippen molar-refractivity contribution in [1.82, 2.24) is 0 Å². The summed E-state index contributed by atoms with van der Waals surface area (Å²) in [7, 11) is 0. The van der Waals surface area contributed by atoms with Gasteiger partial charge < -0.3 is 33.5 Å². The lowest BCUT2D eigenvalue weighted by atomic mass is 9.58. The third-order valence-corrected chi connectivity index (χ3v) is 13.1. The van der Waals surface area contributed by atoms with Crippen molar-refractivity contribution in [2.45, 2.75) is 147 Å². The molecule has 0 aromatic carbocycles. The van der Waals surface area contributed by atoms with Crippen LogP contribution in [0.1, 0.15) is 92.9 Å². The van der Waals surface area contributed by atoms with Crippen molar-refractivity contribution in [2.24, 2.45) is 47.3 Å². The van der Waals surface area contributed by atoms with Crippen molar-refractivity contribution < 1.29 is 53.1 Å². The topological polar surface area (TPSA) is 113 Å². The van der Waals surface area contributed by atoms with E-state index in [0.717, 1.165) is 51.4 Å². The van der Waals surface area contributed by atoms with E-state index in [1.807, 2.05) is 13.8 Å².